The van der Waals surface area contributed by atoms with E-state index in [9.17, 15) is 4.79 Å². The average molecular weight is 260 g/mol. The molecule has 1 aromatic carbocycles. The van der Waals surface area contributed by atoms with Gasteiger partial charge in [-0.15, -0.1) is 0 Å². The van der Waals surface area contributed by atoms with Gasteiger partial charge in [0.15, 0.2) is 0 Å². The Morgan fingerprint density at radius 3 is 2.63 bits per heavy atom. The molecule has 1 aliphatic heterocycles. The molecule has 104 valence electrons. The average Bonchev–Trinajstić information content (AvgIpc) is 2.46. The molecule has 1 heterocycles. The zero-order chi connectivity index (χ0) is 13.8. The second-order valence-corrected chi connectivity index (χ2v) is 5.55. The number of rotatable bonds is 3. The Kier molecular flexibility index (Phi) is 4.59. The molecule has 1 aliphatic rings. The highest BCUT2D eigenvalue weighted by Crippen LogP contribution is 2.26. The number of nitrogens with two attached hydrogens (primary N) is 1. The van der Waals surface area contributed by atoms with Crippen LogP contribution in [0.3, 0.4) is 0 Å². The summed E-state index contributed by atoms with van der Waals surface area (Å²) in [5.74, 6) is 0.848. The maximum atomic E-state index is 12.5. The summed E-state index contributed by atoms with van der Waals surface area (Å²) in [5, 5.41) is 0. The maximum absolute atomic E-state index is 12.5. The Bertz CT molecular complexity index is 427. The highest BCUT2D eigenvalue weighted by molar-refractivity contribution is 5.94. The van der Waals surface area contributed by atoms with Gasteiger partial charge >= 0.3 is 0 Å². The molecule has 3 heteroatoms. The molecule has 0 saturated carbocycles. The van der Waals surface area contributed by atoms with Crippen LogP contribution in [0.15, 0.2) is 24.3 Å². The summed E-state index contributed by atoms with van der Waals surface area (Å²) in [6.07, 6.45) is 3.33. The van der Waals surface area contributed by atoms with Crippen molar-refractivity contribution in [3.63, 3.8) is 0 Å². The molecule has 2 N–H and O–H groups in total. The van der Waals surface area contributed by atoms with Gasteiger partial charge in [-0.1, -0.05) is 31.0 Å². The summed E-state index contributed by atoms with van der Waals surface area (Å²) in [5.41, 5.74) is 7.81. The van der Waals surface area contributed by atoms with Gasteiger partial charge in [0.25, 0.3) is 5.91 Å². The SMILES string of the molecule is CCC1CCN(C(=O)c2ccc(C)cc2)C(CN)C1. The van der Waals surface area contributed by atoms with Crippen molar-refractivity contribution in [3.8, 4) is 0 Å². The van der Waals surface area contributed by atoms with E-state index in [4.69, 9.17) is 5.73 Å². The van der Waals surface area contributed by atoms with Crippen LogP contribution in [0.25, 0.3) is 0 Å². The first-order valence-electron chi connectivity index (χ1n) is 7.23. The Morgan fingerprint density at radius 1 is 1.37 bits per heavy atom. The first kappa shape index (κ1) is 14.1. The van der Waals surface area contributed by atoms with Crippen molar-refractivity contribution in [2.75, 3.05) is 13.1 Å². The zero-order valence-corrected chi connectivity index (χ0v) is 11.9. The lowest BCUT2D eigenvalue weighted by molar-refractivity contribution is 0.0558. The maximum Gasteiger partial charge on any atom is 0.254 e. The first-order valence-corrected chi connectivity index (χ1v) is 7.23. The molecule has 2 rings (SSSR count). The molecule has 1 fully saturated rings. The van der Waals surface area contributed by atoms with Gasteiger partial charge in [0.05, 0.1) is 0 Å². The third kappa shape index (κ3) is 3.16. The van der Waals surface area contributed by atoms with Crippen LogP contribution in [0.2, 0.25) is 0 Å². The van der Waals surface area contributed by atoms with E-state index in [-0.39, 0.29) is 11.9 Å². The molecule has 3 nitrogen and oxygen atoms in total. The molecule has 19 heavy (non-hydrogen) atoms. The molecule has 1 aromatic rings. The van der Waals surface area contributed by atoms with Crippen LogP contribution in [0.1, 0.15) is 42.1 Å². The third-order valence-corrected chi connectivity index (χ3v) is 4.23. The van der Waals surface area contributed by atoms with Gasteiger partial charge in [0.2, 0.25) is 0 Å². The predicted molar refractivity (Wildman–Crippen MR) is 78.1 cm³/mol. The Balaban J connectivity index is 2.11. The lowest BCUT2D eigenvalue weighted by atomic mass is 9.88. The van der Waals surface area contributed by atoms with Crippen molar-refractivity contribution >= 4 is 5.91 Å². The number of amides is 1. The summed E-state index contributed by atoms with van der Waals surface area (Å²) in [4.78, 5) is 14.5. The molecular weight excluding hydrogens is 236 g/mol. The number of hydrogen-bond donors (Lipinski definition) is 1. The number of nitrogens with zero attached hydrogens (tertiary/aromatic N) is 1. The van der Waals surface area contributed by atoms with Crippen LogP contribution in [-0.2, 0) is 0 Å². The van der Waals surface area contributed by atoms with Gasteiger partial charge in [0, 0.05) is 24.7 Å². The minimum Gasteiger partial charge on any atom is -0.334 e. The lowest BCUT2D eigenvalue weighted by Crippen LogP contribution is -2.49. The van der Waals surface area contributed by atoms with Crippen molar-refractivity contribution in [2.45, 2.75) is 39.2 Å². The van der Waals surface area contributed by atoms with Crippen LogP contribution in [0, 0.1) is 12.8 Å². The van der Waals surface area contributed by atoms with E-state index in [1.165, 1.54) is 12.0 Å². The molecule has 0 spiro atoms. The van der Waals surface area contributed by atoms with Gasteiger partial charge in [-0.3, -0.25) is 4.79 Å². The van der Waals surface area contributed by atoms with Gasteiger partial charge < -0.3 is 10.6 Å². The van der Waals surface area contributed by atoms with Crippen LogP contribution in [-0.4, -0.2) is 29.9 Å². The molecule has 0 aromatic heterocycles. The van der Waals surface area contributed by atoms with Crippen molar-refractivity contribution in [1.29, 1.82) is 0 Å². The Labute approximate surface area is 115 Å². The van der Waals surface area contributed by atoms with Gasteiger partial charge in [-0.05, 0) is 37.8 Å². The predicted octanol–water partition coefficient (Wildman–Crippen LogP) is 2.58. The van der Waals surface area contributed by atoms with Crippen molar-refractivity contribution < 1.29 is 4.79 Å². The van der Waals surface area contributed by atoms with Crippen LogP contribution in [0.4, 0.5) is 0 Å². The number of benzene rings is 1. The number of carbonyl (C=O) groups excluding carboxylic acids is 1. The smallest absolute Gasteiger partial charge is 0.254 e. The van der Waals surface area contributed by atoms with E-state index < -0.39 is 0 Å². The molecule has 2 atom stereocenters. The van der Waals surface area contributed by atoms with E-state index >= 15 is 0 Å². The molecule has 2 unspecified atom stereocenters. The highest BCUT2D eigenvalue weighted by Gasteiger charge is 2.30. The van der Waals surface area contributed by atoms with Crippen molar-refractivity contribution in [2.24, 2.45) is 11.7 Å². The van der Waals surface area contributed by atoms with Crippen LogP contribution < -0.4 is 5.73 Å². The summed E-state index contributed by atoms with van der Waals surface area (Å²) >= 11 is 0. The summed E-state index contributed by atoms with van der Waals surface area (Å²) in [7, 11) is 0. The topological polar surface area (TPSA) is 46.3 Å². The molecule has 0 aliphatic carbocycles. The van der Waals surface area contributed by atoms with Crippen LogP contribution >= 0.6 is 0 Å². The minimum absolute atomic E-state index is 0.130. The van der Waals surface area contributed by atoms with E-state index in [0.29, 0.717) is 6.54 Å². The first-order chi connectivity index (χ1) is 9.15. The summed E-state index contributed by atoms with van der Waals surface area (Å²) in [6.45, 7) is 5.65. The quantitative estimate of drug-likeness (QED) is 0.908. The minimum atomic E-state index is 0.130. The fourth-order valence-corrected chi connectivity index (χ4v) is 2.86. The Hall–Kier alpha value is -1.35. The molecule has 1 saturated heterocycles. The number of likely N-dealkylation sites (tertiary alicyclic amines) is 1. The largest absolute Gasteiger partial charge is 0.334 e. The van der Waals surface area contributed by atoms with Crippen molar-refractivity contribution in [1.82, 2.24) is 4.90 Å². The molecular formula is C16H24N2O. The van der Waals surface area contributed by atoms with Gasteiger partial charge in [0.1, 0.15) is 0 Å². The van der Waals surface area contributed by atoms with E-state index in [0.717, 1.165) is 30.9 Å². The van der Waals surface area contributed by atoms with Crippen LogP contribution in [0.5, 0.6) is 0 Å². The molecule has 0 radical (unpaired) electrons. The zero-order valence-electron chi connectivity index (χ0n) is 11.9. The number of hydrogen-bond acceptors (Lipinski definition) is 2. The normalized spacial score (nSPS) is 23.4. The molecule has 1 amide bonds. The van der Waals surface area contributed by atoms with Crippen molar-refractivity contribution in [3.05, 3.63) is 35.4 Å². The lowest BCUT2D eigenvalue weighted by Gasteiger charge is -2.39. The van der Waals surface area contributed by atoms with E-state index in [1.807, 2.05) is 36.1 Å². The highest BCUT2D eigenvalue weighted by atomic mass is 16.2. The van der Waals surface area contributed by atoms with E-state index in [2.05, 4.69) is 6.92 Å². The third-order valence-electron chi connectivity index (χ3n) is 4.23. The number of piperidine rings is 1. The number of aryl methyl sites for hydroxylation is 1. The van der Waals surface area contributed by atoms with Gasteiger partial charge in [-0.25, -0.2) is 0 Å². The summed E-state index contributed by atoms with van der Waals surface area (Å²) < 4.78 is 0. The monoisotopic (exact) mass is 260 g/mol. The molecule has 0 bridgehead atoms. The second kappa shape index (κ2) is 6.20. The van der Waals surface area contributed by atoms with Gasteiger partial charge in [-0.2, -0.15) is 0 Å². The van der Waals surface area contributed by atoms with E-state index in [1.54, 1.807) is 0 Å². The Morgan fingerprint density at radius 2 is 2.05 bits per heavy atom. The second-order valence-electron chi connectivity index (χ2n) is 5.55. The fourth-order valence-electron chi connectivity index (χ4n) is 2.86. The fraction of sp³-hybridized carbons (Fsp3) is 0.562. The number of carbonyl (C=O) groups is 1. The summed E-state index contributed by atoms with van der Waals surface area (Å²) in [6, 6.07) is 8.01. The standard InChI is InChI=1S/C16H24N2O/c1-3-13-8-9-18(15(10-13)11-17)16(19)14-6-4-12(2)5-7-14/h4-7,13,15H,3,8-11,17H2,1-2H3.